The van der Waals surface area contributed by atoms with Gasteiger partial charge in [0, 0.05) is 5.69 Å². The third-order valence-electron chi connectivity index (χ3n) is 1.20. The molecule has 2 nitrogen and oxygen atoms in total. The summed E-state index contributed by atoms with van der Waals surface area (Å²) in [7, 11) is 0. The quantitative estimate of drug-likeness (QED) is 0.347. The molecule has 6 heteroatoms. The van der Waals surface area contributed by atoms with Gasteiger partial charge in [-0.2, -0.15) is 0 Å². The molecule has 0 bridgehead atoms. The Morgan fingerprint density at radius 3 is 2.46 bits per heavy atom. The molecule has 0 N–H and O–H groups in total. The Hall–Kier alpha value is 1.92. The minimum atomic E-state index is -2.74. The van der Waals surface area contributed by atoms with Crippen molar-refractivity contribution in [2.45, 2.75) is 33.1 Å². The maximum Gasteiger partial charge on any atom is 1.00 e. The van der Waals surface area contributed by atoms with E-state index in [4.69, 9.17) is 16.3 Å². The number of unbranched alkanes of at least 4 members (excludes halogenated alkanes) is 1. The van der Waals surface area contributed by atoms with Gasteiger partial charge < -0.3 is 9.42 Å². The van der Waals surface area contributed by atoms with Gasteiger partial charge in [0.25, 0.3) is 0 Å². The van der Waals surface area contributed by atoms with Crippen LogP contribution in [0.2, 0.25) is 0 Å². The van der Waals surface area contributed by atoms with Crippen molar-refractivity contribution in [2.75, 3.05) is 12.4 Å². The molecule has 74 valence electrons. The van der Waals surface area contributed by atoms with E-state index in [1.165, 1.54) is 11.4 Å². The number of rotatable bonds is 7. The Balaban J connectivity index is 0. The average molecular weight is 250 g/mol. The van der Waals surface area contributed by atoms with E-state index in [2.05, 4.69) is 6.92 Å². The van der Waals surface area contributed by atoms with Gasteiger partial charge in [-0.25, -0.2) is 0 Å². The van der Waals surface area contributed by atoms with Crippen molar-refractivity contribution in [3.05, 3.63) is 0 Å². The maximum absolute atomic E-state index is 11.4. The van der Waals surface area contributed by atoms with Crippen LogP contribution in [0.4, 0.5) is 0 Å². The third kappa shape index (κ3) is 11.8. The molecule has 0 aliphatic rings. The zero-order valence-electron chi connectivity index (χ0n) is 8.62. The summed E-state index contributed by atoms with van der Waals surface area (Å²) in [6, 6.07) is 0. The summed E-state index contributed by atoms with van der Waals surface area (Å²) in [5, 5.41) is 0. The van der Waals surface area contributed by atoms with Crippen molar-refractivity contribution >= 4 is 28.9 Å². The number of hydrogen-bond acceptors (Lipinski definition) is 4. The summed E-state index contributed by atoms with van der Waals surface area (Å²) in [5.74, 6) is 0.826. The van der Waals surface area contributed by atoms with Crippen molar-refractivity contribution in [3.63, 3.8) is 0 Å². The van der Waals surface area contributed by atoms with Crippen LogP contribution in [0, 0.1) is 0 Å². The summed E-state index contributed by atoms with van der Waals surface area (Å²) < 4.78 is 5.11. The molecule has 0 radical (unpaired) electrons. The second-order valence-electron chi connectivity index (χ2n) is 2.47. The standard InChI is InChI=1S/C7H17O2PS2.Na/c1-3-5-6-9-10(8,11)12-7-4-2;/h3-7H2,1-2H3,(H,8,11);/q;+1/p-1. The third-order valence-corrected chi connectivity index (χ3v) is 5.68. The zero-order chi connectivity index (χ0) is 9.45. The second kappa shape index (κ2) is 10.4. The minimum absolute atomic E-state index is 0. The van der Waals surface area contributed by atoms with Gasteiger partial charge in [-0.15, -0.1) is 11.4 Å². The van der Waals surface area contributed by atoms with Crippen LogP contribution in [-0.4, -0.2) is 12.4 Å². The first kappa shape index (κ1) is 17.3. The monoisotopic (exact) mass is 250 g/mol. The Morgan fingerprint density at radius 1 is 1.38 bits per heavy atom. The van der Waals surface area contributed by atoms with Crippen LogP contribution in [-0.2, 0) is 16.3 Å². The Kier molecular flexibility index (Phi) is 13.9. The summed E-state index contributed by atoms with van der Waals surface area (Å²) in [6.45, 7) is 4.64. The molecule has 0 aromatic heterocycles. The normalized spacial score (nSPS) is 14.7. The molecule has 0 aliphatic heterocycles. The topological polar surface area (TPSA) is 32.3 Å². The molecule has 0 saturated heterocycles. The fourth-order valence-electron chi connectivity index (χ4n) is 0.561. The first-order valence-corrected chi connectivity index (χ1v) is 8.45. The fourth-order valence-corrected chi connectivity index (χ4v) is 3.95. The first-order valence-electron chi connectivity index (χ1n) is 4.22. The van der Waals surface area contributed by atoms with E-state index in [1.54, 1.807) is 0 Å². The van der Waals surface area contributed by atoms with E-state index in [0.717, 1.165) is 25.0 Å². The predicted octanol–water partition coefficient (Wildman–Crippen LogP) is -0.465. The molecule has 1 atom stereocenters. The fraction of sp³-hybridized carbons (Fsp3) is 1.00. The molecule has 0 fully saturated rings. The van der Waals surface area contributed by atoms with Gasteiger partial charge in [0.05, 0.1) is 6.61 Å². The van der Waals surface area contributed by atoms with Crippen LogP contribution in [0.25, 0.3) is 0 Å². The Bertz CT molecular complexity index is 157. The smallest absolute Gasteiger partial charge is 0.793 e. The van der Waals surface area contributed by atoms with Gasteiger partial charge in [-0.1, -0.05) is 32.1 Å². The molecule has 0 aromatic rings. The molecule has 1 unspecified atom stereocenters. The van der Waals surface area contributed by atoms with E-state index < -0.39 is 5.69 Å². The molecule has 0 saturated carbocycles. The molecule has 0 spiro atoms. The van der Waals surface area contributed by atoms with E-state index in [9.17, 15) is 4.89 Å². The van der Waals surface area contributed by atoms with Crippen molar-refractivity contribution in [2.24, 2.45) is 0 Å². The largest absolute Gasteiger partial charge is 1.00 e. The SMILES string of the molecule is CCCCOP([O-])(=S)SCCC.[Na+]. The van der Waals surface area contributed by atoms with Crippen LogP contribution in [0.1, 0.15) is 33.1 Å². The molecule has 13 heavy (non-hydrogen) atoms. The molecule has 0 aromatic carbocycles. The molecule has 0 rings (SSSR count). The van der Waals surface area contributed by atoms with Crippen molar-refractivity contribution in [3.8, 4) is 0 Å². The van der Waals surface area contributed by atoms with E-state index >= 15 is 0 Å². The predicted molar refractivity (Wildman–Crippen MR) is 57.9 cm³/mol. The van der Waals surface area contributed by atoms with Gasteiger partial charge in [0.15, 0.2) is 0 Å². The van der Waals surface area contributed by atoms with Gasteiger partial charge in [0.2, 0.25) is 0 Å². The van der Waals surface area contributed by atoms with Crippen molar-refractivity contribution in [1.29, 1.82) is 0 Å². The van der Waals surface area contributed by atoms with Crippen LogP contribution in [0.5, 0.6) is 0 Å². The number of hydrogen-bond donors (Lipinski definition) is 0. The van der Waals surface area contributed by atoms with Gasteiger partial charge in [0.1, 0.15) is 0 Å². The van der Waals surface area contributed by atoms with E-state index in [1.807, 2.05) is 6.92 Å². The molecular weight excluding hydrogens is 234 g/mol. The maximum atomic E-state index is 11.4. The Morgan fingerprint density at radius 2 is 2.00 bits per heavy atom. The molecule has 0 aliphatic carbocycles. The molecule has 0 amide bonds. The summed E-state index contributed by atoms with van der Waals surface area (Å²) in [5.41, 5.74) is -2.74. The first-order chi connectivity index (χ1) is 5.62. The Labute approximate surface area is 112 Å². The summed E-state index contributed by atoms with van der Waals surface area (Å²) in [4.78, 5) is 11.4. The molecule has 0 heterocycles. The van der Waals surface area contributed by atoms with Gasteiger partial charge in [-0.05, 0) is 18.6 Å². The minimum Gasteiger partial charge on any atom is -0.793 e. The van der Waals surface area contributed by atoms with Crippen molar-refractivity contribution < 1.29 is 39.0 Å². The summed E-state index contributed by atoms with van der Waals surface area (Å²) >= 11 is 6.10. The average Bonchev–Trinajstić information content (AvgIpc) is 2.01. The molecular formula is C7H16NaO2PS2. The van der Waals surface area contributed by atoms with Gasteiger partial charge >= 0.3 is 29.6 Å². The van der Waals surface area contributed by atoms with E-state index in [-0.39, 0.29) is 29.6 Å². The van der Waals surface area contributed by atoms with Crippen LogP contribution >= 0.6 is 17.1 Å². The zero-order valence-corrected chi connectivity index (χ0v) is 13.1. The van der Waals surface area contributed by atoms with E-state index in [0.29, 0.717) is 6.61 Å². The second-order valence-corrected chi connectivity index (χ2v) is 8.64. The summed E-state index contributed by atoms with van der Waals surface area (Å²) in [6.07, 6.45) is 2.98. The van der Waals surface area contributed by atoms with Crippen LogP contribution in [0.3, 0.4) is 0 Å². The van der Waals surface area contributed by atoms with Crippen molar-refractivity contribution in [1.82, 2.24) is 0 Å². The van der Waals surface area contributed by atoms with Gasteiger partial charge in [-0.3, -0.25) is 0 Å². The van der Waals surface area contributed by atoms with Crippen LogP contribution < -0.4 is 34.5 Å². The van der Waals surface area contributed by atoms with Crippen LogP contribution in [0.15, 0.2) is 0 Å².